The number of anilines is 2. The van der Waals surface area contributed by atoms with Gasteiger partial charge < -0.3 is 14.7 Å². The van der Waals surface area contributed by atoms with Gasteiger partial charge in [0.2, 0.25) is 0 Å². The monoisotopic (exact) mass is 383 g/mol. The maximum absolute atomic E-state index is 14.0. The van der Waals surface area contributed by atoms with E-state index in [0.29, 0.717) is 37.6 Å². The van der Waals surface area contributed by atoms with Crippen LogP contribution in [-0.2, 0) is 0 Å². The van der Waals surface area contributed by atoms with Crippen LogP contribution in [0.3, 0.4) is 0 Å². The van der Waals surface area contributed by atoms with Gasteiger partial charge in [-0.2, -0.15) is 0 Å². The summed E-state index contributed by atoms with van der Waals surface area (Å²) in [6.07, 6.45) is 8.18. The summed E-state index contributed by atoms with van der Waals surface area (Å²) >= 11 is 0. The molecule has 0 aliphatic carbocycles. The second-order valence-electron chi connectivity index (χ2n) is 7.39. The van der Waals surface area contributed by atoms with Gasteiger partial charge in [0.05, 0.1) is 18.1 Å². The second kappa shape index (κ2) is 8.54. The third kappa shape index (κ3) is 4.08. The van der Waals surface area contributed by atoms with Gasteiger partial charge in [-0.1, -0.05) is 25.0 Å². The van der Waals surface area contributed by atoms with Crippen molar-refractivity contribution in [3.8, 4) is 0 Å². The lowest BCUT2D eigenvalue weighted by Crippen LogP contribution is -2.49. The maximum atomic E-state index is 14.0. The van der Waals surface area contributed by atoms with E-state index in [9.17, 15) is 9.18 Å². The molecule has 0 spiro atoms. The van der Waals surface area contributed by atoms with Gasteiger partial charge in [0.15, 0.2) is 0 Å². The summed E-state index contributed by atoms with van der Waals surface area (Å²) in [4.78, 5) is 27.6. The van der Waals surface area contributed by atoms with Crippen molar-refractivity contribution in [2.24, 2.45) is 0 Å². The minimum Gasteiger partial charge on any atom is -0.366 e. The van der Waals surface area contributed by atoms with E-state index >= 15 is 0 Å². The van der Waals surface area contributed by atoms with Crippen molar-refractivity contribution >= 4 is 17.4 Å². The SMILES string of the molecule is O=C(c1cnc(N2CCCCCC2)cn1)N1CCN(c2ccccc2F)CC1. The highest BCUT2D eigenvalue weighted by Gasteiger charge is 2.24. The molecular weight excluding hydrogens is 357 g/mol. The highest BCUT2D eigenvalue weighted by molar-refractivity contribution is 5.92. The zero-order valence-electron chi connectivity index (χ0n) is 16.1. The molecule has 1 aromatic carbocycles. The molecular formula is C21H26FN5O. The van der Waals surface area contributed by atoms with E-state index in [2.05, 4.69) is 14.9 Å². The summed E-state index contributed by atoms with van der Waals surface area (Å²) < 4.78 is 14.0. The van der Waals surface area contributed by atoms with E-state index in [0.717, 1.165) is 18.9 Å². The number of hydrogen-bond donors (Lipinski definition) is 0. The van der Waals surface area contributed by atoms with Crippen molar-refractivity contribution in [1.29, 1.82) is 0 Å². The zero-order chi connectivity index (χ0) is 19.3. The van der Waals surface area contributed by atoms with Gasteiger partial charge in [-0.05, 0) is 25.0 Å². The van der Waals surface area contributed by atoms with E-state index in [1.54, 1.807) is 29.4 Å². The van der Waals surface area contributed by atoms with Gasteiger partial charge in [0, 0.05) is 39.3 Å². The lowest BCUT2D eigenvalue weighted by Gasteiger charge is -2.36. The minimum absolute atomic E-state index is 0.108. The largest absolute Gasteiger partial charge is 0.366 e. The molecule has 6 nitrogen and oxygen atoms in total. The van der Waals surface area contributed by atoms with Gasteiger partial charge >= 0.3 is 0 Å². The van der Waals surface area contributed by atoms with Gasteiger partial charge in [-0.3, -0.25) is 4.79 Å². The predicted molar refractivity (Wildman–Crippen MR) is 107 cm³/mol. The number of para-hydroxylation sites is 1. The van der Waals surface area contributed by atoms with E-state index in [1.165, 1.54) is 31.7 Å². The minimum atomic E-state index is -0.225. The fraction of sp³-hybridized carbons (Fsp3) is 0.476. The molecule has 1 amide bonds. The molecule has 2 fully saturated rings. The van der Waals surface area contributed by atoms with Gasteiger partial charge in [0.1, 0.15) is 17.3 Å². The number of hydrogen-bond acceptors (Lipinski definition) is 5. The molecule has 0 N–H and O–H groups in total. The highest BCUT2D eigenvalue weighted by Crippen LogP contribution is 2.21. The fourth-order valence-corrected chi connectivity index (χ4v) is 3.92. The Kier molecular flexibility index (Phi) is 5.69. The van der Waals surface area contributed by atoms with E-state index in [4.69, 9.17) is 0 Å². The Morgan fingerprint density at radius 1 is 0.821 bits per heavy atom. The van der Waals surface area contributed by atoms with Crippen LogP contribution in [0.2, 0.25) is 0 Å². The number of carbonyl (C=O) groups is 1. The topological polar surface area (TPSA) is 52.6 Å². The summed E-state index contributed by atoms with van der Waals surface area (Å²) in [5, 5.41) is 0. The molecule has 0 saturated carbocycles. The molecule has 0 radical (unpaired) electrons. The number of nitrogens with zero attached hydrogens (tertiary/aromatic N) is 5. The first kappa shape index (κ1) is 18.7. The average molecular weight is 383 g/mol. The summed E-state index contributed by atoms with van der Waals surface area (Å²) in [7, 11) is 0. The quantitative estimate of drug-likeness (QED) is 0.816. The van der Waals surface area contributed by atoms with Crippen LogP contribution < -0.4 is 9.80 Å². The first-order chi connectivity index (χ1) is 13.7. The Labute approximate surface area is 165 Å². The molecule has 3 heterocycles. The van der Waals surface area contributed by atoms with Crippen LogP contribution in [0.25, 0.3) is 0 Å². The predicted octanol–water partition coefficient (Wildman–Crippen LogP) is 2.96. The molecule has 4 rings (SSSR count). The Balaban J connectivity index is 1.37. The van der Waals surface area contributed by atoms with Crippen LogP contribution in [0.5, 0.6) is 0 Å². The van der Waals surface area contributed by atoms with E-state index in [1.807, 2.05) is 11.0 Å². The fourth-order valence-electron chi connectivity index (χ4n) is 3.92. The van der Waals surface area contributed by atoms with Gasteiger partial charge in [0.25, 0.3) is 5.91 Å². The number of amides is 1. The first-order valence-corrected chi connectivity index (χ1v) is 10.1. The van der Waals surface area contributed by atoms with Crippen molar-refractivity contribution in [2.75, 3.05) is 49.1 Å². The van der Waals surface area contributed by atoms with Crippen molar-refractivity contribution in [3.63, 3.8) is 0 Å². The molecule has 1 aromatic heterocycles. The van der Waals surface area contributed by atoms with Gasteiger partial charge in [-0.25, -0.2) is 14.4 Å². The second-order valence-corrected chi connectivity index (χ2v) is 7.39. The number of rotatable bonds is 3. The third-order valence-electron chi connectivity index (χ3n) is 5.55. The smallest absolute Gasteiger partial charge is 0.274 e. The lowest BCUT2D eigenvalue weighted by molar-refractivity contribution is 0.0740. The van der Waals surface area contributed by atoms with E-state index < -0.39 is 0 Å². The van der Waals surface area contributed by atoms with Crippen molar-refractivity contribution in [3.05, 3.63) is 48.2 Å². The highest BCUT2D eigenvalue weighted by atomic mass is 19.1. The normalized spacial score (nSPS) is 18.1. The van der Waals surface area contributed by atoms with Gasteiger partial charge in [-0.15, -0.1) is 0 Å². The van der Waals surface area contributed by atoms with Crippen LogP contribution in [-0.4, -0.2) is 60.0 Å². The standard InChI is InChI=1S/C21H26FN5O/c22-17-7-3-4-8-19(17)25-11-13-27(14-12-25)21(28)18-15-24-20(16-23-18)26-9-5-1-2-6-10-26/h3-4,7-8,15-16H,1-2,5-6,9-14H2. The van der Waals surface area contributed by atoms with E-state index in [-0.39, 0.29) is 11.7 Å². The van der Waals surface area contributed by atoms with Crippen LogP contribution in [0, 0.1) is 5.82 Å². The maximum Gasteiger partial charge on any atom is 0.274 e. The van der Waals surface area contributed by atoms with Crippen LogP contribution in [0.15, 0.2) is 36.7 Å². The van der Waals surface area contributed by atoms with Crippen molar-refractivity contribution in [2.45, 2.75) is 25.7 Å². The molecule has 0 atom stereocenters. The Hall–Kier alpha value is -2.70. The molecule has 148 valence electrons. The summed E-state index contributed by atoms with van der Waals surface area (Å²) in [5.41, 5.74) is 0.967. The Morgan fingerprint density at radius 2 is 1.54 bits per heavy atom. The Morgan fingerprint density at radius 3 is 2.18 bits per heavy atom. The first-order valence-electron chi connectivity index (χ1n) is 10.1. The van der Waals surface area contributed by atoms with Crippen LogP contribution >= 0.6 is 0 Å². The molecule has 2 saturated heterocycles. The number of piperazine rings is 1. The molecule has 28 heavy (non-hydrogen) atoms. The average Bonchev–Trinajstić information content (AvgIpc) is 3.04. The zero-order valence-corrected chi connectivity index (χ0v) is 16.1. The van der Waals surface area contributed by atoms with Crippen LogP contribution in [0.1, 0.15) is 36.2 Å². The molecule has 2 aliphatic rings. The number of aromatic nitrogens is 2. The van der Waals surface area contributed by atoms with Crippen molar-refractivity contribution in [1.82, 2.24) is 14.9 Å². The summed E-state index contributed by atoms with van der Waals surface area (Å²) in [6.45, 7) is 4.29. The lowest BCUT2D eigenvalue weighted by atomic mass is 10.2. The summed E-state index contributed by atoms with van der Waals surface area (Å²) in [6, 6.07) is 6.76. The molecule has 0 bridgehead atoms. The Bertz CT molecular complexity index is 797. The molecule has 0 unspecified atom stereocenters. The van der Waals surface area contributed by atoms with Crippen LogP contribution in [0.4, 0.5) is 15.9 Å². The summed E-state index contributed by atoms with van der Waals surface area (Å²) in [5.74, 6) is 0.517. The number of halogens is 1. The number of carbonyl (C=O) groups excluding carboxylic acids is 1. The molecule has 2 aliphatic heterocycles. The van der Waals surface area contributed by atoms with Crippen molar-refractivity contribution < 1.29 is 9.18 Å². The molecule has 7 heteroatoms. The number of benzene rings is 1. The molecule has 2 aromatic rings. The third-order valence-corrected chi connectivity index (χ3v) is 5.55.